The molecule has 0 spiro atoms. The van der Waals surface area contributed by atoms with Crippen LogP contribution in [-0.4, -0.2) is 28.3 Å². The summed E-state index contributed by atoms with van der Waals surface area (Å²) in [6, 6.07) is 13.5. The quantitative estimate of drug-likeness (QED) is 0.518. The van der Waals surface area contributed by atoms with Gasteiger partial charge < -0.3 is 0 Å². The smallest absolute Gasteiger partial charge is 0.182 e. The summed E-state index contributed by atoms with van der Waals surface area (Å²) in [4.78, 5) is 0.545. The molecule has 6 heteroatoms. The predicted molar refractivity (Wildman–Crippen MR) is 119 cm³/mol. The van der Waals surface area contributed by atoms with E-state index >= 15 is 0 Å². The van der Waals surface area contributed by atoms with Gasteiger partial charge in [-0.1, -0.05) is 59.9 Å². The number of rotatable bonds is 9. The third-order valence-corrected chi connectivity index (χ3v) is 8.48. The first-order valence-electron chi connectivity index (χ1n) is 9.81. The fourth-order valence-corrected chi connectivity index (χ4v) is 6.01. The number of aryl methyl sites for hydroxylation is 2. The molecule has 0 heterocycles. The standard InChI is InChI=1S/C23H30O4S2/c1-5-6-20(4)21(17-29(26,27)23-13-9-19(3)10-14-23)15-16-28(24,25)22-11-7-18(2)8-12-22/h7-14H,5-6,15-17H2,1-4H3. The van der Waals surface area contributed by atoms with E-state index in [0.29, 0.717) is 5.57 Å². The zero-order valence-electron chi connectivity index (χ0n) is 17.6. The Morgan fingerprint density at radius 2 is 1.17 bits per heavy atom. The van der Waals surface area contributed by atoms with Gasteiger partial charge in [-0.15, -0.1) is 0 Å². The fourth-order valence-electron chi connectivity index (χ4n) is 3.14. The second-order valence-electron chi connectivity index (χ2n) is 7.59. The molecular weight excluding hydrogens is 404 g/mol. The molecule has 0 unspecified atom stereocenters. The van der Waals surface area contributed by atoms with Crippen molar-refractivity contribution in [2.45, 2.75) is 56.7 Å². The highest BCUT2D eigenvalue weighted by atomic mass is 32.2. The fraction of sp³-hybridized carbons (Fsp3) is 0.391. The topological polar surface area (TPSA) is 68.3 Å². The first-order valence-corrected chi connectivity index (χ1v) is 13.1. The average Bonchev–Trinajstić information content (AvgIpc) is 2.66. The lowest BCUT2D eigenvalue weighted by Crippen LogP contribution is -2.15. The normalized spacial score (nSPS) is 13.2. The highest BCUT2D eigenvalue weighted by Crippen LogP contribution is 2.23. The molecule has 0 N–H and O–H groups in total. The molecule has 29 heavy (non-hydrogen) atoms. The van der Waals surface area contributed by atoms with Gasteiger partial charge in [0.25, 0.3) is 0 Å². The first kappa shape index (κ1) is 23.4. The Bertz CT molecular complexity index is 1060. The lowest BCUT2D eigenvalue weighted by atomic mass is 10.0. The van der Waals surface area contributed by atoms with Crippen molar-refractivity contribution < 1.29 is 16.8 Å². The van der Waals surface area contributed by atoms with Crippen LogP contribution in [0.5, 0.6) is 0 Å². The minimum absolute atomic E-state index is 0.101. The number of allylic oxidation sites excluding steroid dienone is 1. The van der Waals surface area contributed by atoms with Crippen LogP contribution in [0.1, 0.15) is 44.2 Å². The zero-order chi connectivity index (χ0) is 21.7. The van der Waals surface area contributed by atoms with E-state index < -0.39 is 19.7 Å². The van der Waals surface area contributed by atoms with Crippen LogP contribution in [0.25, 0.3) is 0 Å². The van der Waals surface area contributed by atoms with Crippen LogP contribution in [-0.2, 0) is 19.7 Å². The zero-order valence-corrected chi connectivity index (χ0v) is 19.2. The Balaban J connectivity index is 2.26. The van der Waals surface area contributed by atoms with Crippen LogP contribution >= 0.6 is 0 Å². The van der Waals surface area contributed by atoms with E-state index in [1.807, 2.05) is 27.7 Å². The summed E-state index contributed by atoms with van der Waals surface area (Å²) >= 11 is 0. The average molecular weight is 435 g/mol. The minimum atomic E-state index is -3.53. The van der Waals surface area contributed by atoms with Crippen LogP contribution in [0.2, 0.25) is 0 Å². The first-order chi connectivity index (χ1) is 13.5. The largest absolute Gasteiger partial charge is 0.224 e. The monoisotopic (exact) mass is 434 g/mol. The molecule has 0 aromatic heterocycles. The Kier molecular flexibility index (Phi) is 7.83. The van der Waals surface area contributed by atoms with Gasteiger partial charge in [0.1, 0.15) is 0 Å². The Morgan fingerprint density at radius 3 is 1.62 bits per heavy atom. The molecule has 0 amide bonds. The van der Waals surface area contributed by atoms with E-state index in [4.69, 9.17) is 0 Å². The van der Waals surface area contributed by atoms with E-state index in [9.17, 15) is 16.8 Å². The molecule has 2 aromatic rings. The lowest BCUT2D eigenvalue weighted by Gasteiger charge is -2.14. The van der Waals surface area contributed by atoms with E-state index in [1.54, 1.807) is 48.5 Å². The molecule has 0 atom stereocenters. The number of hydrogen-bond donors (Lipinski definition) is 0. The molecular formula is C23H30O4S2. The molecule has 0 aliphatic rings. The molecule has 4 nitrogen and oxygen atoms in total. The molecule has 0 saturated carbocycles. The van der Waals surface area contributed by atoms with Crippen LogP contribution < -0.4 is 0 Å². The minimum Gasteiger partial charge on any atom is -0.224 e. The third kappa shape index (κ3) is 6.54. The summed E-state index contributed by atoms with van der Waals surface area (Å²) in [6.45, 7) is 7.74. The summed E-state index contributed by atoms with van der Waals surface area (Å²) in [5.41, 5.74) is 3.64. The van der Waals surface area contributed by atoms with E-state index in [2.05, 4.69) is 0 Å². The summed E-state index contributed by atoms with van der Waals surface area (Å²) in [5.74, 6) is -0.249. The van der Waals surface area contributed by atoms with Crippen LogP contribution in [0.15, 0.2) is 69.5 Å². The van der Waals surface area contributed by atoms with E-state index in [-0.39, 0.29) is 27.7 Å². The maximum atomic E-state index is 12.9. The molecule has 0 radical (unpaired) electrons. The van der Waals surface area contributed by atoms with Crippen LogP contribution in [0.3, 0.4) is 0 Å². The summed E-state index contributed by atoms with van der Waals surface area (Å²) in [7, 11) is -7.01. The second-order valence-corrected chi connectivity index (χ2v) is 11.7. The van der Waals surface area contributed by atoms with Crippen molar-refractivity contribution in [1.29, 1.82) is 0 Å². The summed E-state index contributed by atoms with van der Waals surface area (Å²) in [6.07, 6.45) is 1.85. The van der Waals surface area contributed by atoms with Gasteiger partial charge in [-0.2, -0.15) is 0 Å². The van der Waals surface area contributed by atoms with Crippen molar-refractivity contribution >= 4 is 19.7 Å². The Hall–Kier alpha value is -1.92. The van der Waals surface area contributed by atoms with Gasteiger partial charge in [-0.3, -0.25) is 0 Å². The number of hydrogen-bond acceptors (Lipinski definition) is 4. The molecule has 0 fully saturated rings. The van der Waals surface area contributed by atoms with E-state index in [1.165, 1.54) is 0 Å². The van der Waals surface area contributed by atoms with Gasteiger partial charge in [0.2, 0.25) is 0 Å². The van der Waals surface area contributed by atoms with Crippen molar-refractivity contribution in [1.82, 2.24) is 0 Å². The molecule has 0 aliphatic carbocycles. The highest BCUT2D eigenvalue weighted by molar-refractivity contribution is 7.92. The SMILES string of the molecule is CCCC(C)=C(CCS(=O)(=O)c1ccc(C)cc1)CS(=O)(=O)c1ccc(C)cc1. The van der Waals surface area contributed by atoms with Crippen LogP contribution in [0.4, 0.5) is 0 Å². The van der Waals surface area contributed by atoms with Gasteiger partial charge in [0.15, 0.2) is 19.7 Å². The second kappa shape index (κ2) is 9.72. The molecule has 0 aliphatic heterocycles. The lowest BCUT2D eigenvalue weighted by molar-refractivity contribution is 0.591. The number of sulfone groups is 2. The van der Waals surface area contributed by atoms with Crippen LogP contribution in [0, 0.1) is 13.8 Å². The molecule has 158 valence electrons. The Labute approximate surface area is 175 Å². The van der Waals surface area contributed by atoms with Crippen molar-refractivity contribution in [3.8, 4) is 0 Å². The molecule has 0 bridgehead atoms. The maximum Gasteiger partial charge on any atom is 0.182 e. The van der Waals surface area contributed by atoms with Gasteiger partial charge in [-0.05, 0) is 57.9 Å². The third-order valence-electron chi connectivity index (χ3n) is 5.03. The van der Waals surface area contributed by atoms with Gasteiger partial charge >= 0.3 is 0 Å². The Morgan fingerprint density at radius 1 is 0.724 bits per heavy atom. The molecule has 0 saturated heterocycles. The molecule has 2 rings (SSSR count). The predicted octanol–water partition coefficient (Wildman–Crippen LogP) is 5.06. The van der Waals surface area contributed by atoms with Crippen molar-refractivity contribution in [2.24, 2.45) is 0 Å². The van der Waals surface area contributed by atoms with Crippen molar-refractivity contribution in [3.63, 3.8) is 0 Å². The molecule has 2 aromatic carbocycles. The van der Waals surface area contributed by atoms with Crippen molar-refractivity contribution in [2.75, 3.05) is 11.5 Å². The van der Waals surface area contributed by atoms with Gasteiger partial charge in [0, 0.05) is 0 Å². The number of benzene rings is 2. The highest BCUT2D eigenvalue weighted by Gasteiger charge is 2.21. The van der Waals surface area contributed by atoms with Gasteiger partial charge in [0.05, 0.1) is 21.3 Å². The van der Waals surface area contributed by atoms with Crippen molar-refractivity contribution in [3.05, 3.63) is 70.8 Å². The van der Waals surface area contributed by atoms with E-state index in [0.717, 1.165) is 29.5 Å². The van der Waals surface area contributed by atoms with Gasteiger partial charge in [-0.25, -0.2) is 16.8 Å². The summed E-state index contributed by atoms with van der Waals surface area (Å²) < 4.78 is 51.3. The summed E-state index contributed by atoms with van der Waals surface area (Å²) in [5, 5.41) is 0. The maximum absolute atomic E-state index is 12.9.